The zero-order valence-electron chi connectivity index (χ0n) is 17.0. The first kappa shape index (κ1) is 21.7. The summed E-state index contributed by atoms with van der Waals surface area (Å²) in [4.78, 5) is 4.14. The van der Waals surface area contributed by atoms with Crippen molar-refractivity contribution in [2.45, 2.75) is 18.9 Å². The lowest BCUT2D eigenvalue weighted by Crippen LogP contribution is -2.41. The minimum atomic E-state index is -0.527. The number of likely N-dealkylation sites (tertiary alicyclic amines) is 1. The highest BCUT2D eigenvalue weighted by atomic mass is 35.5. The van der Waals surface area contributed by atoms with E-state index in [1.54, 1.807) is 6.08 Å². The second-order valence-corrected chi connectivity index (χ2v) is 8.55. The van der Waals surface area contributed by atoms with Crippen molar-refractivity contribution in [3.63, 3.8) is 0 Å². The molecule has 1 aromatic heterocycles. The molecule has 1 unspecified atom stereocenters. The van der Waals surface area contributed by atoms with E-state index in [-0.39, 0.29) is 29.1 Å². The Morgan fingerprint density at radius 1 is 1.35 bits per heavy atom. The van der Waals surface area contributed by atoms with Crippen molar-refractivity contribution in [1.82, 2.24) is 25.3 Å². The van der Waals surface area contributed by atoms with Gasteiger partial charge in [-0.2, -0.15) is 0 Å². The lowest BCUT2D eigenvalue weighted by atomic mass is 10.1. The highest BCUT2D eigenvalue weighted by Gasteiger charge is 2.27. The van der Waals surface area contributed by atoms with Crippen molar-refractivity contribution in [2.24, 2.45) is 11.5 Å². The molecule has 0 saturated carbocycles. The van der Waals surface area contributed by atoms with Crippen LogP contribution >= 0.6 is 23.2 Å². The van der Waals surface area contributed by atoms with Crippen molar-refractivity contribution in [1.29, 1.82) is 0 Å². The average Bonchev–Trinajstić information content (AvgIpc) is 3.39. The molecule has 2 aliphatic rings. The van der Waals surface area contributed by atoms with E-state index in [1.165, 1.54) is 12.1 Å². The number of rotatable bonds is 5. The molecular formula is C20H24Cl2FN7O. The quantitative estimate of drug-likeness (QED) is 0.575. The number of nitrogens with two attached hydrogens (primary N) is 2. The molecule has 3 heterocycles. The van der Waals surface area contributed by atoms with Gasteiger partial charge in [0.15, 0.2) is 0 Å². The third kappa shape index (κ3) is 4.58. The Morgan fingerprint density at radius 3 is 2.90 bits per heavy atom. The molecule has 166 valence electrons. The third-order valence-corrected chi connectivity index (χ3v) is 6.28. The van der Waals surface area contributed by atoms with Gasteiger partial charge in [0, 0.05) is 36.8 Å². The summed E-state index contributed by atoms with van der Waals surface area (Å²) in [5.41, 5.74) is 13.8. The molecule has 2 aliphatic heterocycles. The molecule has 0 bridgehead atoms. The van der Waals surface area contributed by atoms with Gasteiger partial charge in [-0.1, -0.05) is 23.2 Å². The van der Waals surface area contributed by atoms with E-state index >= 15 is 0 Å². The van der Waals surface area contributed by atoms with E-state index in [2.05, 4.69) is 27.5 Å². The number of nitrogens with one attached hydrogen (secondary N) is 1. The highest BCUT2D eigenvalue weighted by Crippen LogP contribution is 2.31. The van der Waals surface area contributed by atoms with Crippen LogP contribution < -0.4 is 16.8 Å². The summed E-state index contributed by atoms with van der Waals surface area (Å²) in [6.45, 7) is 3.32. The summed E-state index contributed by atoms with van der Waals surface area (Å²) in [7, 11) is 2.06. The molecule has 0 aliphatic carbocycles. The first-order chi connectivity index (χ1) is 14.8. The Hall–Kier alpha value is -2.49. The number of allylic oxidation sites excluding steroid dienone is 1. The van der Waals surface area contributed by atoms with Crippen LogP contribution in [-0.2, 0) is 6.54 Å². The zero-order valence-corrected chi connectivity index (χ0v) is 18.5. The van der Waals surface area contributed by atoms with E-state index in [9.17, 15) is 4.39 Å². The minimum absolute atomic E-state index is 0.0102. The van der Waals surface area contributed by atoms with E-state index in [0.717, 1.165) is 19.5 Å². The van der Waals surface area contributed by atoms with Crippen molar-refractivity contribution >= 4 is 28.9 Å². The van der Waals surface area contributed by atoms with Gasteiger partial charge >= 0.3 is 0 Å². The third-order valence-electron chi connectivity index (χ3n) is 5.52. The van der Waals surface area contributed by atoms with E-state index in [1.807, 2.05) is 4.90 Å². The van der Waals surface area contributed by atoms with Gasteiger partial charge in [-0.15, -0.1) is 10.2 Å². The molecular weight excluding hydrogens is 444 g/mol. The van der Waals surface area contributed by atoms with E-state index in [0.29, 0.717) is 41.1 Å². The first-order valence-electron chi connectivity index (χ1n) is 9.94. The maximum absolute atomic E-state index is 14.0. The van der Waals surface area contributed by atoms with Crippen LogP contribution in [0.5, 0.6) is 0 Å². The molecule has 0 amide bonds. The van der Waals surface area contributed by atoms with Gasteiger partial charge in [-0.05, 0) is 38.2 Å². The van der Waals surface area contributed by atoms with Crippen molar-refractivity contribution in [3.05, 3.63) is 62.9 Å². The maximum Gasteiger partial charge on any atom is 0.263 e. The molecule has 0 radical (unpaired) electrons. The Balaban J connectivity index is 1.58. The summed E-state index contributed by atoms with van der Waals surface area (Å²) < 4.78 is 19.8. The Morgan fingerprint density at radius 2 is 2.16 bits per heavy atom. The van der Waals surface area contributed by atoms with Gasteiger partial charge in [0.2, 0.25) is 5.89 Å². The van der Waals surface area contributed by atoms with Crippen LogP contribution in [-0.4, -0.2) is 53.2 Å². The van der Waals surface area contributed by atoms with E-state index in [4.69, 9.17) is 39.1 Å². The zero-order chi connectivity index (χ0) is 22.1. The predicted molar refractivity (Wildman–Crippen MR) is 117 cm³/mol. The van der Waals surface area contributed by atoms with Crippen LogP contribution in [0.1, 0.15) is 29.7 Å². The molecule has 2 aromatic rings. The van der Waals surface area contributed by atoms with Gasteiger partial charge < -0.3 is 31.0 Å². The van der Waals surface area contributed by atoms with Crippen LogP contribution in [0.25, 0.3) is 5.70 Å². The number of aromatic nitrogens is 2. The van der Waals surface area contributed by atoms with Crippen LogP contribution in [0.15, 0.2) is 34.1 Å². The molecule has 11 heteroatoms. The monoisotopic (exact) mass is 467 g/mol. The fourth-order valence-electron chi connectivity index (χ4n) is 3.81. The molecule has 1 aromatic carbocycles. The lowest BCUT2D eigenvalue weighted by Gasteiger charge is -2.32. The maximum atomic E-state index is 14.0. The van der Waals surface area contributed by atoms with Crippen LogP contribution in [0.4, 0.5) is 4.39 Å². The number of halogens is 3. The summed E-state index contributed by atoms with van der Waals surface area (Å²) in [5, 5.41) is 11.7. The number of nitrogens with zero attached hydrogens (tertiary/aromatic N) is 4. The summed E-state index contributed by atoms with van der Waals surface area (Å²) in [6, 6.07) is 2.72. The largest absolute Gasteiger partial charge is 0.419 e. The predicted octanol–water partition coefficient (Wildman–Crippen LogP) is 2.47. The second-order valence-electron chi connectivity index (χ2n) is 7.76. The molecule has 4 rings (SSSR count). The summed E-state index contributed by atoms with van der Waals surface area (Å²) in [5.74, 6) is 0.913. The molecule has 1 fully saturated rings. The minimum Gasteiger partial charge on any atom is -0.419 e. The van der Waals surface area contributed by atoms with Crippen LogP contribution in [0.3, 0.4) is 0 Å². The Bertz CT molecular complexity index is 1040. The van der Waals surface area contributed by atoms with Crippen LogP contribution in [0, 0.1) is 5.82 Å². The smallest absolute Gasteiger partial charge is 0.263 e. The standard InChI is InChI=1S/C20H24Cl2FN7O/c1-29-6-4-11(9-29)19-27-28-20(31-19)15(24)8-16-18(25)26-5-7-30(16)10-12-13(21)2-3-14(23)17(12)22/h2-3,8,11,26H,4-7,9-10,24-25H2,1H3/b15-8-. The number of benzene rings is 1. The second kappa shape index (κ2) is 8.94. The topological polar surface area (TPSA) is 109 Å². The molecule has 1 atom stereocenters. The Kier molecular flexibility index (Phi) is 6.27. The Labute approximate surface area is 189 Å². The first-order valence-corrected chi connectivity index (χ1v) is 10.7. The fraction of sp³-hybridized carbons (Fsp3) is 0.400. The normalized spacial score (nSPS) is 20.5. The molecule has 0 spiro atoms. The summed E-state index contributed by atoms with van der Waals surface area (Å²) in [6.07, 6.45) is 2.63. The van der Waals surface area contributed by atoms with Crippen molar-refractivity contribution in [2.75, 3.05) is 33.2 Å². The van der Waals surface area contributed by atoms with Gasteiger partial charge in [-0.3, -0.25) is 0 Å². The fourth-order valence-corrected chi connectivity index (χ4v) is 4.30. The van der Waals surface area contributed by atoms with Gasteiger partial charge in [-0.25, -0.2) is 4.39 Å². The number of hydrogen-bond acceptors (Lipinski definition) is 8. The summed E-state index contributed by atoms with van der Waals surface area (Å²) >= 11 is 12.4. The van der Waals surface area contributed by atoms with E-state index < -0.39 is 5.82 Å². The van der Waals surface area contributed by atoms with Crippen LogP contribution in [0.2, 0.25) is 10.0 Å². The van der Waals surface area contributed by atoms with Gasteiger partial charge in [0.25, 0.3) is 5.89 Å². The highest BCUT2D eigenvalue weighted by molar-refractivity contribution is 6.36. The molecule has 1 saturated heterocycles. The van der Waals surface area contributed by atoms with Gasteiger partial charge in [0.1, 0.15) is 11.6 Å². The van der Waals surface area contributed by atoms with Crippen molar-refractivity contribution < 1.29 is 8.81 Å². The number of hydrogen-bond donors (Lipinski definition) is 3. The van der Waals surface area contributed by atoms with Crippen molar-refractivity contribution in [3.8, 4) is 0 Å². The molecule has 8 nitrogen and oxygen atoms in total. The van der Waals surface area contributed by atoms with Gasteiger partial charge in [0.05, 0.1) is 22.3 Å². The molecule has 5 N–H and O–H groups in total. The lowest BCUT2D eigenvalue weighted by molar-refractivity contribution is 0.320. The SMILES string of the molecule is CN1CCC(c2nnc(/C(N)=C/C3=C(N)NCCN3Cc3c(Cl)ccc(F)c3Cl)o2)C1. The molecule has 31 heavy (non-hydrogen) atoms. The average molecular weight is 468 g/mol. The number of likely N-dealkylation sites (N-methyl/N-ethyl adjacent to an activating group) is 1.